The minimum absolute atomic E-state index is 0.0295. The molecule has 1 atom stereocenters. The highest BCUT2D eigenvalue weighted by molar-refractivity contribution is 7.10. The van der Waals surface area contributed by atoms with Crippen molar-refractivity contribution >= 4 is 28.7 Å². The van der Waals surface area contributed by atoms with Crippen molar-refractivity contribution in [2.45, 2.75) is 5.92 Å². The molecular weight excluding hydrogens is 246 g/mol. The molecule has 5 heteroatoms. The quantitative estimate of drug-likeness (QED) is 0.785. The van der Waals surface area contributed by atoms with Gasteiger partial charge in [0.25, 0.3) is 0 Å². The number of thiophene rings is 1. The van der Waals surface area contributed by atoms with Crippen LogP contribution in [-0.4, -0.2) is 5.78 Å². The average Bonchev–Trinajstić information content (AvgIpc) is 2.90. The van der Waals surface area contributed by atoms with Gasteiger partial charge in [-0.05, 0) is 29.1 Å². The Labute approximate surface area is 101 Å². The number of furan rings is 1. The molecule has 0 saturated carbocycles. The number of nitrogens with zero attached hydrogens (tertiary/aromatic N) is 1. The number of hydrogen-bond acceptors (Lipinski definition) is 4. The van der Waals surface area contributed by atoms with Crippen LogP contribution >= 0.6 is 22.9 Å². The van der Waals surface area contributed by atoms with Gasteiger partial charge in [-0.2, -0.15) is 5.26 Å². The van der Waals surface area contributed by atoms with Gasteiger partial charge in [-0.3, -0.25) is 4.79 Å². The predicted molar refractivity (Wildman–Crippen MR) is 60.7 cm³/mol. The number of carbonyl (C=O) groups is 1. The Balaban J connectivity index is 2.35. The van der Waals surface area contributed by atoms with Crippen LogP contribution in [0, 0.1) is 11.3 Å². The molecule has 0 saturated heterocycles. The van der Waals surface area contributed by atoms with Crippen molar-refractivity contribution in [3.8, 4) is 6.07 Å². The standard InChI is InChI=1S/C11H6ClNO2S/c12-11-7(3-4-15-11)10(14)8(6-13)9-2-1-5-16-9/h1-5,8H. The lowest BCUT2D eigenvalue weighted by molar-refractivity contribution is 0.0979. The van der Waals surface area contributed by atoms with E-state index in [0.717, 1.165) is 0 Å². The number of rotatable bonds is 3. The molecule has 2 aromatic rings. The molecule has 0 bridgehead atoms. The minimum atomic E-state index is -0.810. The molecule has 0 aliphatic carbocycles. The maximum atomic E-state index is 12.0. The van der Waals surface area contributed by atoms with Gasteiger partial charge >= 0.3 is 0 Å². The van der Waals surface area contributed by atoms with Gasteiger partial charge in [-0.1, -0.05) is 6.07 Å². The maximum absolute atomic E-state index is 12.0. The summed E-state index contributed by atoms with van der Waals surface area (Å²) in [4.78, 5) is 12.7. The summed E-state index contributed by atoms with van der Waals surface area (Å²) >= 11 is 7.07. The Morgan fingerprint density at radius 1 is 1.56 bits per heavy atom. The largest absolute Gasteiger partial charge is 0.452 e. The van der Waals surface area contributed by atoms with E-state index in [4.69, 9.17) is 21.3 Å². The molecule has 2 rings (SSSR count). The molecule has 0 aromatic carbocycles. The second-order valence-corrected chi connectivity index (χ2v) is 4.37. The molecule has 2 aromatic heterocycles. The van der Waals surface area contributed by atoms with Gasteiger partial charge < -0.3 is 4.42 Å². The van der Waals surface area contributed by atoms with Crippen LogP contribution in [-0.2, 0) is 0 Å². The summed E-state index contributed by atoms with van der Waals surface area (Å²) in [6.45, 7) is 0. The van der Waals surface area contributed by atoms with E-state index in [9.17, 15) is 4.79 Å². The highest BCUT2D eigenvalue weighted by Crippen LogP contribution is 2.28. The Morgan fingerprint density at radius 3 is 2.88 bits per heavy atom. The Morgan fingerprint density at radius 2 is 2.38 bits per heavy atom. The van der Waals surface area contributed by atoms with E-state index in [-0.39, 0.29) is 16.6 Å². The van der Waals surface area contributed by atoms with Crippen LogP contribution in [0.25, 0.3) is 0 Å². The van der Waals surface area contributed by atoms with Crippen LogP contribution in [0.4, 0.5) is 0 Å². The Kier molecular flexibility index (Phi) is 3.09. The van der Waals surface area contributed by atoms with Crippen molar-refractivity contribution in [1.82, 2.24) is 0 Å². The van der Waals surface area contributed by atoms with E-state index in [1.165, 1.54) is 23.7 Å². The second-order valence-electron chi connectivity index (χ2n) is 3.05. The lowest BCUT2D eigenvalue weighted by Crippen LogP contribution is -2.09. The van der Waals surface area contributed by atoms with E-state index in [2.05, 4.69) is 0 Å². The molecule has 0 aliphatic rings. The van der Waals surface area contributed by atoms with E-state index >= 15 is 0 Å². The number of ketones is 1. The van der Waals surface area contributed by atoms with Crippen molar-refractivity contribution in [2.24, 2.45) is 0 Å². The van der Waals surface area contributed by atoms with Crippen molar-refractivity contribution in [3.05, 3.63) is 45.5 Å². The summed E-state index contributed by atoms with van der Waals surface area (Å²) in [5.41, 5.74) is 0.251. The second kappa shape index (κ2) is 4.52. The fraction of sp³-hybridized carbons (Fsp3) is 0.0909. The monoisotopic (exact) mass is 251 g/mol. The molecule has 1 unspecified atom stereocenters. The zero-order valence-corrected chi connectivity index (χ0v) is 9.59. The topological polar surface area (TPSA) is 54.0 Å². The third-order valence-corrected chi connectivity index (χ3v) is 3.33. The zero-order valence-electron chi connectivity index (χ0n) is 8.01. The van der Waals surface area contributed by atoms with Gasteiger partial charge in [0.15, 0.2) is 5.78 Å². The lowest BCUT2D eigenvalue weighted by Gasteiger charge is -2.03. The van der Waals surface area contributed by atoms with Crippen LogP contribution in [0.2, 0.25) is 5.22 Å². The smallest absolute Gasteiger partial charge is 0.203 e. The van der Waals surface area contributed by atoms with Crippen LogP contribution < -0.4 is 0 Å². The first kappa shape index (κ1) is 10.9. The summed E-state index contributed by atoms with van der Waals surface area (Å²) in [6, 6.07) is 7.01. The van der Waals surface area contributed by atoms with Gasteiger partial charge in [-0.15, -0.1) is 11.3 Å². The first-order chi connectivity index (χ1) is 7.74. The number of Topliss-reactive ketones (excluding diaryl/α,β-unsaturated/α-hetero) is 1. The van der Waals surface area contributed by atoms with E-state index in [1.807, 2.05) is 11.4 Å². The molecule has 80 valence electrons. The fourth-order valence-electron chi connectivity index (χ4n) is 1.33. The van der Waals surface area contributed by atoms with Crippen molar-refractivity contribution in [2.75, 3.05) is 0 Å². The molecular formula is C11H6ClNO2S. The van der Waals surface area contributed by atoms with E-state index < -0.39 is 5.92 Å². The van der Waals surface area contributed by atoms with Gasteiger partial charge in [0.05, 0.1) is 17.9 Å². The summed E-state index contributed by atoms with van der Waals surface area (Å²) in [5, 5.41) is 10.9. The minimum Gasteiger partial charge on any atom is -0.452 e. The SMILES string of the molecule is N#CC(C(=O)c1ccoc1Cl)c1cccs1. The summed E-state index contributed by atoms with van der Waals surface area (Å²) in [6.07, 6.45) is 1.33. The normalized spacial score (nSPS) is 12.0. The van der Waals surface area contributed by atoms with Crippen molar-refractivity contribution < 1.29 is 9.21 Å². The number of halogens is 1. The number of nitriles is 1. The first-order valence-corrected chi connectivity index (χ1v) is 5.70. The van der Waals surface area contributed by atoms with Crippen molar-refractivity contribution in [3.63, 3.8) is 0 Å². The third-order valence-electron chi connectivity index (χ3n) is 2.10. The fourth-order valence-corrected chi connectivity index (χ4v) is 2.31. The zero-order chi connectivity index (χ0) is 11.5. The highest BCUT2D eigenvalue weighted by Gasteiger charge is 2.25. The van der Waals surface area contributed by atoms with E-state index in [0.29, 0.717) is 4.88 Å². The third kappa shape index (κ3) is 1.87. The molecule has 0 amide bonds. The van der Waals surface area contributed by atoms with Gasteiger partial charge in [0, 0.05) is 4.88 Å². The van der Waals surface area contributed by atoms with Crippen LogP contribution in [0.5, 0.6) is 0 Å². The Hall–Kier alpha value is -1.57. The summed E-state index contributed by atoms with van der Waals surface area (Å²) in [5.74, 6) is -1.14. The molecule has 16 heavy (non-hydrogen) atoms. The lowest BCUT2D eigenvalue weighted by atomic mass is 9.99. The van der Waals surface area contributed by atoms with Crippen LogP contribution in [0.1, 0.15) is 21.2 Å². The molecule has 0 N–H and O–H groups in total. The molecule has 0 spiro atoms. The number of hydrogen-bond donors (Lipinski definition) is 0. The number of carbonyl (C=O) groups excluding carboxylic acids is 1. The van der Waals surface area contributed by atoms with Gasteiger partial charge in [0.1, 0.15) is 5.92 Å². The van der Waals surface area contributed by atoms with Gasteiger partial charge in [-0.25, -0.2) is 0 Å². The summed E-state index contributed by atoms with van der Waals surface area (Å²) < 4.78 is 4.84. The summed E-state index contributed by atoms with van der Waals surface area (Å²) in [7, 11) is 0. The average molecular weight is 252 g/mol. The Bertz CT molecular complexity index is 539. The molecule has 0 radical (unpaired) electrons. The predicted octanol–water partition coefficient (Wildman–Crippen LogP) is 3.48. The molecule has 0 fully saturated rings. The molecule has 0 aliphatic heterocycles. The van der Waals surface area contributed by atoms with E-state index in [1.54, 1.807) is 12.1 Å². The highest BCUT2D eigenvalue weighted by atomic mass is 35.5. The molecule has 3 nitrogen and oxygen atoms in total. The maximum Gasteiger partial charge on any atom is 0.203 e. The van der Waals surface area contributed by atoms with Crippen molar-refractivity contribution in [1.29, 1.82) is 5.26 Å². The van der Waals surface area contributed by atoms with Crippen LogP contribution in [0.15, 0.2) is 34.3 Å². The molecule has 2 heterocycles. The first-order valence-electron chi connectivity index (χ1n) is 4.44. The van der Waals surface area contributed by atoms with Crippen LogP contribution in [0.3, 0.4) is 0 Å². The van der Waals surface area contributed by atoms with Gasteiger partial charge in [0.2, 0.25) is 5.22 Å².